The number of hydrogen-bond acceptors (Lipinski definition) is 4. The minimum atomic E-state index is -0.516. The zero-order valence-corrected chi connectivity index (χ0v) is 9.21. The van der Waals surface area contributed by atoms with Gasteiger partial charge in [0.25, 0.3) is 5.69 Å². The average molecular weight is 239 g/mol. The maximum absolute atomic E-state index is 11.3. The lowest BCUT2D eigenvalue weighted by Crippen LogP contribution is -2.38. The van der Waals surface area contributed by atoms with Crippen LogP contribution in [0.2, 0.25) is 0 Å². The van der Waals surface area contributed by atoms with Gasteiger partial charge in [0.15, 0.2) is 0 Å². The molecule has 0 aliphatic carbocycles. The predicted octanol–water partition coefficient (Wildman–Crippen LogP) is 1.10. The Morgan fingerprint density at radius 3 is 2.53 bits per heavy atom. The maximum Gasteiger partial charge on any atom is 0.319 e. The van der Waals surface area contributed by atoms with Crippen molar-refractivity contribution in [2.45, 2.75) is 13.0 Å². The van der Waals surface area contributed by atoms with Gasteiger partial charge in [0.05, 0.1) is 17.6 Å². The lowest BCUT2D eigenvalue weighted by Gasteiger charge is -2.11. The summed E-state index contributed by atoms with van der Waals surface area (Å²) in [5.41, 5.74) is 0.401. The lowest BCUT2D eigenvalue weighted by atomic mass is 10.3. The highest BCUT2D eigenvalue weighted by atomic mass is 16.6. The molecule has 0 heterocycles. The summed E-state index contributed by atoms with van der Waals surface area (Å²) in [6.45, 7) is 1.49. The van der Waals surface area contributed by atoms with E-state index in [0.29, 0.717) is 5.69 Å². The molecule has 7 nitrogen and oxygen atoms in total. The molecule has 0 radical (unpaired) electrons. The number of nitro benzene ring substituents is 1. The summed E-state index contributed by atoms with van der Waals surface area (Å²) < 4.78 is 0. The van der Waals surface area contributed by atoms with Crippen LogP contribution in [-0.2, 0) is 0 Å². The molecule has 3 N–H and O–H groups in total. The van der Waals surface area contributed by atoms with Crippen LogP contribution in [0, 0.1) is 10.1 Å². The van der Waals surface area contributed by atoms with Crippen molar-refractivity contribution in [1.82, 2.24) is 5.32 Å². The summed E-state index contributed by atoms with van der Waals surface area (Å²) in [6, 6.07) is 4.63. The molecule has 0 unspecified atom stereocenters. The molecule has 1 aromatic rings. The molecule has 92 valence electrons. The van der Waals surface area contributed by atoms with Gasteiger partial charge >= 0.3 is 6.03 Å². The van der Waals surface area contributed by atoms with Crippen molar-refractivity contribution in [3.8, 4) is 0 Å². The first kappa shape index (κ1) is 12.9. The lowest BCUT2D eigenvalue weighted by molar-refractivity contribution is -0.384. The second kappa shape index (κ2) is 5.80. The number of nitrogens with one attached hydrogen (secondary N) is 2. The molecule has 0 saturated heterocycles. The number of urea groups is 1. The van der Waals surface area contributed by atoms with E-state index >= 15 is 0 Å². The number of aliphatic hydroxyl groups excluding tert-OH is 1. The van der Waals surface area contributed by atoms with Gasteiger partial charge in [-0.1, -0.05) is 0 Å². The van der Waals surface area contributed by atoms with E-state index in [9.17, 15) is 14.9 Å². The Hall–Kier alpha value is -2.15. The second-order valence-corrected chi connectivity index (χ2v) is 3.49. The third-order valence-corrected chi connectivity index (χ3v) is 1.99. The van der Waals surface area contributed by atoms with Crippen molar-refractivity contribution >= 4 is 17.4 Å². The van der Waals surface area contributed by atoms with E-state index in [-0.39, 0.29) is 18.3 Å². The normalized spacial score (nSPS) is 11.6. The zero-order valence-electron chi connectivity index (χ0n) is 9.21. The van der Waals surface area contributed by atoms with Gasteiger partial charge < -0.3 is 15.7 Å². The fourth-order valence-electron chi connectivity index (χ4n) is 1.10. The van der Waals surface area contributed by atoms with Crippen molar-refractivity contribution in [1.29, 1.82) is 0 Å². The van der Waals surface area contributed by atoms with E-state index in [0.717, 1.165) is 0 Å². The van der Waals surface area contributed by atoms with Crippen molar-refractivity contribution in [2.24, 2.45) is 0 Å². The Kier molecular flexibility index (Phi) is 4.41. The van der Waals surface area contributed by atoms with Gasteiger partial charge in [0.2, 0.25) is 0 Å². The SMILES string of the molecule is C[C@H](CO)NC(=O)Nc1ccc([N+](=O)[O-])cc1. The number of nitro groups is 1. The standard InChI is InChI=1S/C10H13N3O4/c1-7(6-14)11-10(15)12-8-2-4-9(5-3-8)13(16)17/h2-5,7,14H,6H2,1H3,(H2,11,12,15)/t7-/m1/s1. The minimum absolute atomic E-state index is 0.0420. The highest BCUT2D eigenvalue weighted by Gasteiger charge is 2.08. The van der Waals surface area contributed by atoms with Gasteiger partial charge in [0.1, 0.15) is 0 Å². The van der Waals surface area contributed by atoms with Crippen molar-refractivity contribution in [3.63, 3.8) is 0 Å². The molecular formula is C10H13N3O4. The number of carbonyl (C=O) groups excluding carboxylic acids is 1. The molecule has 2 amide bonds. The van der Waals surface area contributed by atoms with Crippen LogP contribution >= 0.6 is 0 Å². The third kappa shape index (κ3) is 4.07. The second-order valence-electron chi connectivity index (χ2n) is 3.49. The van der Waals surface area contributed by atoms with E-state index in [1.54, 1.807) is 6.92 Å². The van der Waals surface area contributed by atoms with Crippen molar-refractivity contribution in [3.05, 3.63) is 34.4 Å². The van der Waals surface area contributed by atoms with Gasteiger partial charge in [0, 0.05) is 17.8 Å². The number of carbonyl (C=O) groups is 1. The maximum atomic E-state index is 11.3. The topological polar surface area (TPSA) is 104 Å². The number of amides is 2. The number of rotatable bonds is 4. The quantitative estimate of drug-likeness (QED) is 0.540. The fraction of sp³-hybridized carbons (Fsp3) is 0.300. The van der Waals surface area contributed by atoms with Gasteiger partial charge in [-0.25, -0.2) is 4.79 Å². The molecule has 1 atom stereocenters. The number of aliphatic hydroxyl groups is 1. The Balaban J connectivity index is 2.57. The molecule has 0 aliphatic rings. The molecule has 0 fully saturated rings. The van der Waals surface area contributed by atoms with Crippen LogP contribution in [0.3, 0.4) is 0 Å². The minimum Gasteiger partial charge on any atom is -0.394 e. The Labute approximate surface area is 97.6 Å². The molecule has 0 aliphatic heterocycles. The van der Waals surface area contributed by atoms with E-state index in [1.165, 1.54) is 24.3 Å². The summed E-state index contributed by atoms with van der Waals surface area (Å²) in [6.07, 6.45) is 0. The largest absolute Gasteiger partial charge is 0.394 e. The predicted molar refractivity (Wildman–Crippen MR) is 61.8 cm³/mol. The monoisotopic (exact) mass is 239 g/mol. The number of anilines is 1. The van der Waals surface area contributed by atoms with Crippen LogP contribution in [0.1, 0.15) is 6.92 Å². The van der Waals surface area contributed by atoms with E-state index < -0.39 is 11.0 Å². The number of nitrogens with zero attached hydrogens (tertiary/aromatic N) is 1. The molecule has 0 saturated carbocycles. The number of non-ortho nitro benzene ring substituents is 1. The van der Waals surface area contributed by atoms with Crippen molar-refractivity contribution < 1.29 is 14.8 Å². The Bertz CT molecular complexity index is 405. The molecule has 0 aromatic heterocycles. The first-order valence-electron chi connectivity index (χ1n) is 4.95. The van der Waals surface area contributed by atoms with E-state index in [2.05, 4.69) is 10.6 Å². The van der Waals surface area contributed by atoms with Gasteiger partial charge in [-0.2, -0.15) is 0 Å². The fourth-order valence-corrected chi connectivity index (χ4v) is 1.10. The smallest absolute Gasteiger partial charge is 0.319 e. The Morgan fingerprint density at radius 2 is 2.06 bits per heavy atom. The molecule has 7 heteroatoms. The number of benzene rings is 1. The summed E-state index contributed by atoms with van der Waals surface area (Å²) in [5, 5.41) is 24.1. The van der Waals surface area contributed by atoms with Crippen LogP contribution in [0.15, 0.2) is 24.3 Å². The molecule has 0 bridgehead atoms. The van der Waals surface area contributed by atoms with Crippen molar-refractivity contribution in [2.75, 3.05) is 11.9 Å². The number of hydrogen-bond donors (Lipinski definition) is 3. The first-order chi connectivity index (χ1) is 8.02. The van der Waals surface area contributed by atoms with Crippen LogP contribution < -0.4 is 10.6 Å². The molecular weight excluding hydrogens is 226 g/mol. The highest BCUT2D eigenvalue weighted by molar-refractivity contribution is 5.89. The summed E-state index contributed by atoms with van der Waals surface area (Å²) in [7, 11) is 0. The summed E-state index contributed by atoms with van der Waals surface area (Å²) >= 11 is 0. The average Bonchev–Trinajstić information content (AvgIpc) is 2.29. The summed E-state index contributed by atoms with van der Waals surface area (Å²) in [4.78, 5) is 21.2. The zero-order chi connectivity index (χ0) is 12.8. The van der Waals surface area contributed by atoms with Crippen LogP contribution in [0.4, 0.5) is 16.2 Å². The molecule has 0 spiro atoms. The highest BCUT2D eigenvalue weighted by Crippen LogP contribution is 2.15. The Morgan fingerprint density at radius 1 is 1.47 bits per heavy atom. The first-order valence-corrected chi connectivity index (χ1v) is 4.95. The van der Waals surface area contributed by atoms with Crippen LogP contribution in [0.25, 0.3) is 0 Å². The van der Waals surface area contributed by atoms with E-state index in [1.807, 2.05) is 0 Å². The van der Waals surface area contributed by atoms with Gasteiger partial charge in [-0.15, -0.1) is 0 Å². The van der Waals surface area contributed by atoms with Crippen LogP contribution in [0.5, 0.6) is 0 Å². The third-order valence-electron chi connectivity index (χ3n) is 1.99. The molecule has 1 rings (SSSR count). The summed E-state index contributed by atoms with van der Waals surface area (Å²) in [5.74, 6) is 0. The van der Waals surface area contributed by atoms with Gasteiger partial charge in [-0.3, -0.25) is 10.1 Å². The molecule has 1 aromatic carbocycles. The molecule has 17 heavy (non-hydrogen) atoms. The van der Waals surface area contributed by atoms with E-state index in [4.69, 9.17) is 5.11 Å². The van der Waals surface area contributed by atoms with Gasteiger partial charge in [-0.05, 0) is 19.1 Å². The van der Waals surface area contributed by atoms with Crippen LogP contribution in [-0.4, -0.2) is 28.7 Å².